The van der Waals surface area contributed by atoms with E-state index in [9.17, 15) is 42.0 Å². The summed E-state index contributed by atoms with van der Waals surface area (Å²) in [6.45, 7) is 1.74. The SMILES string of the molecule is Cc1ccc(Nc2nc(F)nc(Nc3ccc(S(=O)(=O)O)c(Nc4cc(F)c([N+](=O)[O-])cc4[N+](=O)[O-])c3)n2)cc1SOOO. The number of aromatic nitrogens is 3. The van der Waals surface area contributed by atoms with Crippen molar-refractivity contribution < 1.29 is 46.2 Å². The number of nitrogens with one attached hydrogen (secondary N) is 3. The summed E-state index contributed by atoms with van der Waals surface area (Å²) in [7, 11) is -4.97. The van der Waals surface area contributed by atoms with E-state index >= 15 is 0 Å². The van der Waals surface area contributed by atoms with E-state index in [-0.39, 0.29) is 11.6 Å². The predicted octanol–water partition coefficient (Wildman–Crippen LogP) is 5.18. The largest absolute Gasteiger partial charge is 0.349 e. The van der Waals surface area contributed by atoms with E-state index in [1.54, 1.807) is 25.1 Å². The second kappa shape index (κ2) is 13.0. The lowest BCUT2D eigenvalue weighted by Crippen LogP contribution is -2.08. The summed E-state index contributed by atoms with van der Waals surface area (Å²) in [5.41, 5.74) is -2.39. The normalized spacial score (nSPS) is 11.2. The molecule has 22 heteroatoms. The molecule has 0 saturated carbocycles. The molecule has 18 nitrogen and oxygen atoms in total. The molecule has 0 radical (unpaired) electrons. The molecule has 0 amide bonds. The Kier molecular flexibility index (Phi) is 9.41. The number of hydrogen-bond acceptors (Lipinski definition) is 16. The molecule has 0 aliphatic heterocycles. The molecular weight excluding hydrogens is 638 g/mol. The van der Waals surface area contributed by atoms with Gasteiger partial charge in [-0.1, -0.05) is 11.1 Å². The fraction of sp³-hybridized carbons (Fsp3) is 0.0455. The Labute approximate surface area is 248 Å². The van der Waals surface area contributed by atoms with E-state index in [1.165, 1.54) is 0 Å². The van der Waals surface area contributed by atoms with Gasteiger partial charge in [0.25, 0.3) is 15.8 Å². The molecule has 1 aromatic heterocycles. The Balaban J connectivity index is 1.67. The summed E-state index contributed by atoms with van der Waals surface area (Å²) in [6, 6.07) is 8.47. The molecular formula is C22H16F2N8O10S2. The highest BCUT2D eigenvalue weighted by molar-refractivity contribution is 7.94. The summed E-state index contributed by atoms with van der Waals surface area (Å²) in [4.78, 5) is 31.0. The third-order valence-electron chi connectivity index (χ3n) is 5.45. The van der Waals surface area contributed by atoms with E-state index in [4.69, 9.17) is 5.26 Å². The van der Waals surface area contributed by atoms with Gasteiger partial charge < -0.3 is 16.0 Å². The molecule has 0 saturated heterocycles. The second-order valence-electron chi connectivity index (χ2n) is 8.35. The summed E-state index contributed by atoms with van der Waals surface area (Å²) in [5, 5.41) is 42.1. The first-order valence-corrected chi connectivity index (χ1v) is 13.6. The summed E-state index contributed by atoms with van der Waals surface area (Å²) < 4.78 is 66.7. The Bertz CT molecular complexity index is 1880. The van der Waals surface area contributed by atoms with Crippen LogP contribution in [0.25, 0.3) is 0 Å². The van der Waals surface area contributed by atoms with Gasteiger partial charge in [0.2, 0.25) is 17.7 Å². The fourth-order valence-corrected chi connectivity index (χ4v) is 4.66. The van der Waals surface area contributed by atoms with Crippen molar-refractivity contribution in [1.29, 1.82) is 0 Å². The minimum absolute atomic E-state index is 0.0586. The van der Waals surface area contributed by atoms with Gasteiger partial charge in [0, 0.05) is 22.3 Å². The minimum Gasteiger partial charge on any atom is -0.349 e. The van der Waals surface area contributed by atoms with E-state index in [0.29, 0.717) is 34.8 Å². The highest BCUT2D eigenvalue weighted by atomic mass is 32.2. The molecule has 0 spiro atoms. The maximum Gasteiger partial charge on any atom is 0.315 e. The molecule has 0 fully saturated rings. The Morgan fingerprint density at radius 2 is 1.48 bits per heavy atom. The van der Waals surface area contributed by atoms with Gasteiger partial charge in [-0.15, -0.1) is 4.33 Å². The van der Waals surface area contributed by atoms with Gasteiger partial charge in [0.05, 0.1) is 33.6 Å². The molecule has 0 aliphatic carbocycles. The van der Waals surface area contributed by atoms with Gasteiger partial charge in [-0.05, 0) is 42.8 Å². The van der Waals surface area contributed by atoms with Gasteiger partial charge in [-0.3, -0.25) is 24.8 Å². The maximum atomic E-state index is 14.3. The predicted molar refractivity (Wildman–Crippen MR) is 147 cm³/mol. The molecule has 5 N–H and O–H groups in total. The third kappa shape index (κ3) is 7.63. The minimum atomic E-state index is -4.97. The van der Waals surface area contributed by atoms with Crippen LogP contribution >= 0.6 is 12.0 Å². The van der Waals surface area contributed by atoms with Crippen LogP contribution in [0, 0.1) is 39.0 Å². The number of halogens is 2. The van der Waals surface area contributed by atoms with Gasteiger partial charge in [-0.2, -0.15) is 32.2 Å². The number of nitro benzene ring substituents is 2. The van der Waals surface area contributed by atoms with Gasteiger partial charge in [0.1, 0.15) is 10.6 Å². The molecule has 3 aromatic carbocycles. The highest BCUT2D eigenvalue weighted by Gasteiger charge is 2.26. The lowest BCUT2D eigenvalue weighted by molar-refractivity contribution is -0.432. The number of aryl methyl sites for hydroxylation is 1. The lowest BCUT2D eigenvalue weighted by Gasteiger charge is -2.14. The summed E-state index contributed by atoms with van der Waals surface area (Å²) in [5.74, 6) is -2.17. The Hall–Kier alpha value is -5.13. The number of nitro groups is 2. The van der Waals surface area contributed by atoms with Gasteiger partial charge >= 0.3 is 11.8 Å². The second-order valence-corrected chi connectivity index (χ2v) is 10.5. The standard InChI is InChI=1S/C22H16F2N8O10S2/c1-10-2-3-12(7-18(10)43-42-41-37)26-22-29-20(24)28-21(30-22)25-11-4-5-19(44(38,39)40)15(6-11)27-14-8-13(23)16(31(33)34)9-17(14)32(35)36/h2-9,27,37H,1H3,(H,38,39,40)(H2,25,26,28,29,30). The first-order valence-electron chi connectivity index (χ1n) is 11.5. The quantitative estimate of drug-likeness (QED) is 0.0433. The van der Waals surface area contributed by atoms with Gasteiger partial charge in [0.15, 0.2) is 0 Å². The molecule has 230 valence electrons. The van der Waals surface area contributed by atoms with Crippen LogP contribution in [0.3, 0.4) is 0 Å². The van der Waals surface area contributed by atoms with Crippen LogP contribution < -0.4 is 16.0 Å². The Morgan fingerprint density at radius 3 is 2.07 bits per heavy atom. The first kappa shape index (κ1) is 31.8. The molecule has 4 rings (SSSR count). The lowest BCUT2D eigenvalue weighted by atomic mass is 10.2. The maximum absolute atomic E-state index is 14.3. The van der Waals surface area contributed by atoms with Crippen LogP contribution in [-0.2, 0) is 19.5 Å². The van der Waals surface area contributed by atoms with E-state index in [1.807, 2.05) is 0 Å². The van der Waals surface area contributed by atoms with E-state index < -0.39 is 65.5 Å². The van der Waals surface area contributed by atoms with Crippen molar-refractivity contribution >= 4 is 68.2 Å². The van der Waals surface area contributed by atoms with Crippen LogP contribution in [0.4, 0.5) is 54.8 Å². The molecule has 44 heavy (non-hydrogen) atoms. The van der Waals surface area contributed by atoms with Crippen LogP contribution in [0.1, 0.15) is 5.56 Å². The van der Waals surface area contributed by atoms with Crippen molar-refractivity contribution in [3.63, 3.8) is 0 Å². The molecule has 0 bridgehead atoms. The summed E-state index contributed by atoms with van der Waals surface area (Å²) in [6.07, 6.45) is -1.24. The Morgan fingerprint density at radius 1 is 0.864 bits per heavy atom. The van der Waals surface area contributed by atoms with Crippen LogP contribution in [0.2, 0.25) is 0 Å². The van der Waals surface area contributed by atoms with E-state index in [0.717, 1.165) is 23.8 Å². The third-order valence-corrected chi connectivity index (χ3v) is 7.11. The first-order chi connectivity index (χ1) is 20.7. The van der Waals surface area contributed by atoms with Crippen molar-refractivity contribution in [2.75, 3.05) is 16.0 Å². The van der Waals surface area contributed by atoms with Crippen LogP contribution in [-0.4, -0.2) is 43.0 Å². The summed E-state index contributed by atoms with van der Waals surface area (Å²) >= 11 is 0.683. The van der Waals surface area contributed by atoms with Crippen molar-refractivity contribution in [3.8, 4) is 0 Å². The van der Waals surface area contributed by atoms with Crippen LogP contribution in [0.15, 0.2) is 58.3 Å². The monoisotopic (exact) mass is 654 g/mol. The number of nitrogens with zero attached hydrogens (tertiary/aromatic N) is 5. The van der Waals surface area contributed by atoms with Crippen LogP contribution in [0.5, 0.6) is 0 Å². The number of rotatable bonds is 12. The van der Waals surface area contributed by atoms with Crippen molar-refractivity contribution in [3.05, 3.63) is 86.2 Å². The highest BCUT2D eigenvalue weighted by Crippen LogP contribution is 2.36. The van der Waals surface area contributed by atoms with Crippen molar-refractivity contribution in [1.82, 2.24) is 15.0 Å². The van der Waals surface area contributed by atoms with Crippen molar-refractivity contribution in [2.45, 2.75) is 16.7 Å². The molecule has 0 unspecified atom stereocenters. The molecule has 4 aromatic rings. The fourth-order valence-electron chi connectivity index (χ4n) is 3.56. The topological polar surface area (TPSA) is 254 Å². The number of anilines is 6. The molecule has 0 aliphatic rings. The molecule has 1 heterocycles. The zero-order valence-corrected chi connectivity index (χ0v) is 23.2. The number of hydrogen-bond donors (Lipinski definition) is 5. The average molecular weight is 655 g/mol. The zero-order valence-electron chi connectivity index (χ0n) is 21.6. The number of benzene rings is 3. The zero-order chi connectivity index (χ0) is 32.2. The van der Waals surface area contributed by atoms with Crippen molar-refractivity contribution in [2.24, 2.45) is 0 Å². The smallest absolute Gasteiger partial charge is 0.315 e. The van der Waals surface area contributed by atoms with E-state index in [2.05, 4.69) is 40.3 Å². The van der Waals surface area contributed by atoms with Gasteiger partial charge in [-0.25, -0.2) is 5.26 Å². The molecule has 0 atom stereocenters. The average Bonchev–Trinajstić information content (AvgIpc) is 2.92.